The molecule has 0 bridgehead atoms. The maximum absolute atomic E-state index is 8.81. The summed E-state index contributed by atoms with van der Waals surface area (Å²) in [5, 5.41) is 25.9. The first kappa shape index (κ1) is 28.6. The molecule has 0 aliphatic carbocycles. The summed E-state index contributed by atoms with van der Waals surface area (Å²) in [6.07, 6.45) is 2.00. The smallest absolute Gasteiger partial charge is 0.135 e. The molecule has 0 atom stereocenters. The number of hydrogen-bond acceptors (Lipinski definition) is 6. The van der Waals surface area contributed by atoms with E-state index in [0.717, 1.165) is 37.2 Å². The van der Waals surface area contributed by atoms with Gasteiger partial charge in [-0.15, -0.1) is 0 Å². The summed E-state index contributed by atoms with van der Waals surface area (Å²) in [7, 11) is 3.14. The number of hydrogen-bond donors (Lipinski definition) is 0. The van der Waals surface area contributed by atoms with Crippen LogP contribution in [-0.4, -0.2) is 38.8 Å². The zero-order valence-electron chi connectivity index (χ0n) is 20.8. The van der Waals surface area contributed by atoms with Crippen molar-refractivity contribution in [3.8, 4) is 53.4 Å². The first-order valence-corrected chi connectivity index (χ1v) is 11.3. The molecule has 0 aromatic heterocycles. The average Bonchev–Trinajstić information content (AvgIpc) is 2.91. The van der Waals surface area contributed by atoms with Gasteiger partial charge in [0.05, 0.1) is 61.2 Å². The molecule has 35 heavy (non-hydrogen) atoms. The fourth-order valence-corrected chi connectivity index (χ4v) is 2.84. The molecule has 2 aromatic carbocycles. The molecule has 2 aromatic rings. The minimum absolute atomic E-state index is 0.527. The fraction of sp³-hybridized carbons (Fsp3) is 0.345. The molecule has 178 valence electrons. The normalized spacial score (nSPS) is 8.97. The first-order valence-electron chi connectivity index (χ1n) is 11.3. The molecular weight excluding hydrogens is 436 g/mol. The van der Waals surface area contributed by atoms with Crippen LogP contribution in [0.2, 0.25) is 0 Å². The van der Waals surface area contributed by atoms with Crippen molar-refractivity contribution >= 4 is 0 Å². The van der Waals surface area contributed by atoms with Gasteiger partial charge in [0, 0.05) is 12.8 Å². The van der Waals surface area contributed by atoms with Gasteiger partial charge in [-0.2, -0.15) is 15.8 Å². The summed E-state index contributed by atoms with van der Waals surface area (Å²) in [5.41, 5.74) is 2.73. The van der Waals surface area contributed by atoms with Crippen LogP contribution in [0.4, 0.5) is 0 Å². The summed E-state index contributed by atoms with van der Waals surface area (Å²) in [4.78, 5) is 2.24. The molecule has 0 radical (unpaired) electrons. The van der Waals surface area contributed by atoms with Crippen LogP contribution in [0.3, 0.4) is 0 Å². The Bertz CT molecular complexity index is 1200. The highest BCUT2D eigenvalue weighted by molar-refractivity contribution is 5.51. The van der Waals surface area contributed by atoms with Gasteiger partial charge in [0.2, 0.25) is 0 Å². The lowest BCUT2D eigenvalue weighted by Crippen LogP contribution is -2.22. The van der Waals surface area contributed by atoms with E-state index in [1.807, 2.05) is 12.1 Å². The van der Waals surface area contributed by atoms with Crippen molar-refractivity contribution in [3.05, 3.63) is 58.7 Å². The van der Waals surface area contributed by atoms with Gasteiger partial charge in [0.15, 0.2) is 0 Å². The molecule has 0 aliphatic heterocycles. The van der Waals surface area contributed by atoms with Gasteiger partial charge in [0.25, 0.3) is 0 Å². The fourth-order valence-electron chi connectivity index (χ4n) is 2.84. The van der Waals surface area contributed by atoms with Crippen molar-refractivity contribution in [3.63, 3.8) is 0 Å². The molecule has 0 saturated heterocycles. The third-order valence-electron chi connectivity index (χ3n) is 4.89. The lowest BCUT2D eigenvalue weighted by molar-refractivity contribution is 0.342. The number of methoxy groups -OCH3 is 2. The van der Waals surface area contributed by atoms with Gasteiger partial charge < -0.3 is 9.47 Å². The highest BCUT2D eigenvalue weighted by atomic mass is 16.5. The number of benzene rings is 2. The second kappa shape index (κ2) is 17.1. The summed E-state index contributed by atoms with van der Waals surface area (Å²) in [6.45, 7) is 6.97. The van der Waals surface area contributed by atoms with Gasteiger partial charge in [-0.05, 0) is 55.9 Å². The van der Waals surface area contributed by atoms with Crippen LogP contribution in [-0.2, 0) is 0 Å². The molecule has 0 saturated carbocycles. The number of rotatable bonds is 7. The highest BCUT2D eigenvalue weighted by Gasteiger charge is 2.02. The summed E-state index contributed by atoms with van der Waals surface area (Å²) >= 11 is 0. The standard InChI is InChI=1S/C15H18N2O.C14H12N2O/c1-4-17(5-2)10-6-7-14-9-8-13(12-16)11-15(14)18-3;1-17-14-10-12(11-16)7-8-13(14)6-4-2-3-5-9-15/h8-9,11H,4-5,10H2,1-3H3;7-8,10H,2-3,5H2,1H3. The van der Waals surface area contributed by atoms with Crippen molar-refractivity contribution < 1.29 is 9.47 Å². The van der Waals surface area contributed by atoms with Crippen LogP contribution in [0.25, 0.3) is 0 Å². The van der Waals surface area contributed by atoms with E-state index in [2.05, 4.69) is 54.6 Å². The molecule has 0 unspecified atom stereocenters. The SMILES string of the molecule is CCN(CC)CC#Cc1ccc(C#N)cc1OC.COc1cc(C#N)ccc1C#CCCCC#N. The summed E-state index contributed by atoms with van der Waals surface area (Å²) in [5.74, 6) is 13.4. The second-order valence-corrected chi connectivity index (χ2v) is 7.13. The molecule has 6 heteroatoms. The van der Waals surface area contributed by atoms with E-state index in [-0.39, 0.29) is 0 Å². The Morgan fingerprint density at radius 2 is 1.26 bits per heavy atom. The highest BCUT2D eigenvalue weighted by Crippen LogP contribution is 2.19. The van der Waals surface area contributed by atoms with E-state index in [1.54, 1.807) is 44.6 Å². The summed E-state index contributed by atoms with van der Waals surface area (Å²) < 4.78 is 10.4. The maximum Gasteiger partial charge on any atom is 0.135 e. The van der Waals surface area contributed by atoms with Crippen LogP contribution in [0.5, 0.6) is 11.5 Å². The summed E-state index contributed by atoms with van der Waals surface area (Å²) in [6, 6.07) is 16.6. The van der Waals surface area contributed by atoms with Crippen LogP contribution in [0.1, 0.15) is 55.4 Å². The van der Waals surface area contributed by atoms with Gasteiger partial charge in [-0.25, -0.2) is 0 Å². The lowest BCUT2D eigenvalue weighted by atomic mass is 10.1. The van der Waals surface area contributed by atoms with Crippen LogP contribution in [0, 0.1) is 57.7 Å². The molecular formula is C29H30N4O2. The van der Waals surface area contributed by atoms with E-state index >= 15 is 0 Å². The van der Waals surface area contributed by atoms with Crippen molar-refractivity contribution in [2.24, 2.45) is 0 Å². The molecule has 0 amide bonds. The van der Waals surface area contributed by atoms with Crippen molar-refractivity contribution in [1.82, 2.24) is 4.90 Å². The zero-order chi connectivity index (χ0) is 25.9. The third kappa shape index (κ3) is 10.4. The number of unbranched alkanes of at least 4 members (excludes halogenated alkanes) is 2. The van der Waals surface area contributed by atoms with E-state index in [9.17, 15) is 0 Å². The van der Waals surface area contributed by atoms with Gasteiger partial charge in [0.1, 0.15) is 11.5 Å². The van der Waals surface area contributed by atoms with E-state index in [1.165, 1.54) is 0 Å². The Kier molecular flexibility index (Phi) is 14.0. The monoisotopic (exact) mass is 466 g/mol. The van der Waals surface area contributed by atoms with Crippen LogP contribution >= 0.6 is 0 Å². The van der Waals surface area contributed by atoms with Crippen molar-refractivity contribution in [1.29, 1.82) is 15.8 Å². The number of nitriles is 3. The Balaban J connectivity index is 0.000000351. The molecule has 0 heterocycles. The molecule has 0 fully saturated rings. The van der Waals surface area contributed by atoms with E-state index in [4.69, 9.17) is 25.3 Å². The minimum Gasteiger partial charge on any atom is -0.495 e. The molecule has 0 spiro atoms. The molecule has 0 aliphatic rings. The minimum atomic E-state index is 0.527. The zero-order valence-corrected chi connectivity index (χ0v) is 20.8. The maximum atomic E-state index is 8.81. The van der Waals surface area contributed by atoms with Crippen LogP contribution in [0.15, 0.2) is 36.4 Å². The third-order valence-corrected chi connectivity index (χ3v) is 4.89. The van der Waals surface area contributed by atoms with Gasteiger partial charge in [-0.1, -0.05) is 37.5 Å². The lowest BCUT2D eigenvalue weighted by Gasteiger charge is -2.13. The Morgan fingerprint density at radius 3 is 1.69 bits per heavy atom. The van der Waals surface area contributed by atoms with Crippen molar-refractivity contribution in [2.75, 3.05) is 33.9 Å². The molecule has 6 nitrogen and oxygen atoms in total. The second-order valence-electron chi connectivity index (χ2n) is 7.13. The molecule has 2 rings (SSSR count). The van der Waals surface area contributed by atoms with Gasteiger partial charge in [-0.3, -0.25) is 4.90 Å². The Labute approximate surface area is 209 Å². The molecule has 0 N–H and O–H groups in total. The predicted molar refractivity (Wildman–Crippen MR) is 136 cm³/mol. The van der Waals surface area contributed by atoms with E-state index < -0.39 is 0 Å². The first-order chi connectivity index (χ1) is 17.1. The quantitative estimate of drug-likeness (QED) is 0.427. The van der Waals surface area contributed by atoms with E-state index in [0.29, 0.717) is 35.5 Å². The number of nitrogens with zero attached hydrogens (tertiary/aromatic N) is 4. The van der Waals surface area contributed by atoms with Gasteiger partial charge >= 0.3 is 0 Å². The number of ether oxygens (including phenoxy) is 2. The Hall–Kier alpha value is -4.41. The largest absolute Gasteiger partial charge is 0.495 e. The topological polar surface area (TPSA) is 93.1 Å². The Morgan fingerprint density at radius 1 is 0.743 bits per heavy atom. The van der Waals surface area contributed by atoms with Crippen molar-refractivity contribution in [2.45, 2.75) is 33.1 Å². The average molecular weight is 467 g/mol. The van der Waals surface area contributed by atoms with Crippen LogP contribution < -0.4 is 9.47 Å². The predicted octanol–water partition coefficient (Wildman–Crippen LogP) is 4.87.